The van der Waals surface area contributed by atoms with Crippen molar-refractivity contribution in [1.82, 2.24) is 4.31 Å². The van der Waals surface area contributed by atoms with Gasteiger partial charge in [0.1, 0.15) is 11.4 Å². The van der Waals surface area contributed by atoms with Crippen molar-refractivity contribution in [3.8, 4) is 0 Å². The molecule has 0 aliphatic rings. The van der Waals surface area contributed by atoms with Gasteiger partial charge in [0.2, 0.25) is 10.0 Å². The van der Waals surface area contributed by atoms with Gasteiger partial charge >= 0.3 is 6.18 Å². The summed E-state index contributed by atoms with van der Waals surface area (Å²) in [5, 5.41) is 0. The molecule has 0 aromatic heterocycles. The molecule has 0 saturated heterocycles. The molecular formula is C11H13F5N2O2S. The van der Waals surface area contributed by atoms with Crippen molar-refractivity contribution in [2.45, 2.75) is 24.4 Å². The monoisotopic (exact) mass is 332 g/mol. The van der Waals surface area contributed by atoms with E-state index < -0.39 is 51.5 Å². The molecule has 0 aliphatic carbocycles. The van der Waals surface area contributed by atoms with Gasteiger partial charge < -0.3 is 5.73 Å². The molecule has 120 valence electrons. The minimum atomic E-state index is -4.85. The molecule has 0 saturated carbocycles. The second-order valence-corrected chi connectivity index (χ2v) is 6.17. The average Bonchev–Trinajstić information content (AvgIpc) is 2.31. The highest BCUT2D eigenvalue weighted by Gasteiger charge is 2.38. The number of hydrogen-bond acceptors (Lipinski definition) is 3. The summed E-state index contributed by atoms with van der Waals surface area (Å²) in [5.74, 6) is -3.30. The first kappa shape index (κ1) is 17.6. The van der Waals surface area contributed by atoms with Crippen LogP contribution in [0.2, 0.25) is 0 Å². The SMILES string of the molecule is CCCN(CC(F)(F)F)S(=O)(=O)c1cc(N)cc(F)c1F. The van der Waals surface area contributed by atoms with Crippen molar-refractivity contribution < 1.29 is 30.4 Å². The number of nitrogen functional groups attached to an aromatic ring is 1. The van der Waals surface area contributed by atoms with Crippen molar-refractivity contribution in [2.24, 2.45) is 0 Å². The molecule has 0 heterocycles. The Morgan fingerprint density at radius 1 is 1.24 bits per heavy atom. The van der Waals surface area contributed by atoms with Crippen LogP contribution in [0.3, 0.4) is 0 Å². The molecule has 21 heavy (non-hydrogen) atoms. The maximum Gasteiger partial charge on any atom is 0.402 e. The van der Waals surface area contributed by atoms with Gasteiger partial charge in [-0.25, -0.2) is 17.2 Å². The van der Waals surface area contributed by atoms with E-state index in [0.717, 1.165) is 0 Å². The number of rotatable bonds is 5. The molecule has 0 radical (unpaired) electrons. The Labute approximate surface area is 118 Å². The summed E-state index contributed by atoms with van der Waals surface area (Å²) in [4.78, 5) is -1.21. The molecule has 4 nitrogen and oxygen atoms in total. The van der Waals surface area contributed by atoms with E-state index in [1.165, 1.54) is 6.92 Å². The summed E-state index contributed by atoms with van der Waals surface area (Å²) in [6, 6.07) is 1.13. The van der Waals surface area contributed by atoms with Crippen LogP contribution >= 0.6 is 0 Å². The fraction of sp³-hybridized carbons (Fsp3) is 0.455. The van der Waals surface area contributed by atoms with Gasteiger partial charge in [0.25, 0.3) is 0 Å². The molecule has 1 rings (SSSR count). The molecule has 0 atom stereocenters. The van der Waals surface area contributed by atoms with Gasteiger partial charge in [-0.15, -0.1) is 0 Å². The molecular weight excluding hydrogens is 319 g/mol. The van der Waals surface area contributed by atoms with Gasteiger partial charge in [-0.2, -0.15) is 17.5 Å². The number of nitrogens with zero attached hydrogens (tertiary/aromatic N) is 1. The van der Waals surface area contributed by atoms with Gasteiger partial charge in [0, 0.05) is 12.2 Å². The number of alkyl halides is 3. The van der Waals surface area contributed by atoms with E-state index in [1.54, 1.807) is 0 Å². The van der Waals surface area contributed by atoms with Crippen LogP contribution in [0.1, 0.15) is 13.3 Å². The maximum atomic E-state index is 13.6. The summed E-state index contributed by atoms with van der Waals surface area (Å²) in [5.41, 5.74) is 4.81. The summed E-state index contributed by atoms with van der Waals surface area (Å²) in [6.45, 7) is -0.827. The average molecular weight is 332 g/mol. The van der Waals surface area contributed by atoms with Gasteiger partial charge in [-0.1, -0.05) is 6.92 Å². The Hall–Kier alpha value is -1.42. The van der Waals surface area contributed by atoms with E-state index in [1.807, 2.05) is 0 Å². The van der Waals surface area contributed by atoms with Crippen molar-refractivity contribution >= 4 is 15.7 Å². The lowest BCUT2D eigenvalue weighted by molar-refractivity contribution is -0.136. The van der Waals surface area contributed by atoms with Crippen molar-refractivity contribution in [1.29, 1.82) is 0 Å². The largest absolute Gasteiger partial charge is 0.402 e. The minimum absolute atomic E-state index is 0.0459. The molecule has 0 fully saturated rings. The van der Waals surface area contributed by atoms with Crippen LogP contribution in [-0.2, 0) is 10.0 Å². The smallest absolute Gasteiger partial charge is 0.399 e. The minimum Gasteiger partial charge on any atom is -0.399 e. The third-order valence-corrected chi connectivity index (χ3v) is 4.31. The summed E-state index contributed by atoms with van der Waals surface area (Å²) >= 11 is 0. The Morgan fingerprint density at radius 3 is 2.29 bits per heavy atom. The zero-order valence-corrected chi connectivity index (χ0v) is 11.7. The Bertz CT molecular complexity index is 616. The molecule has 0 aliphatic heterocycles. The van der Waals surface area contributed by atoms with Crippen LogP contribution in [0.4, 0.5) is 27.6 Å². The van der Waals surface area contributed by atoms with Crippen LogP contribution in [-0.4, -0.2) is 32.0 Å². The van der Waals surface area contributed by atoms with E-state index in [0.29, 0.717) is 12.1 Å². The molecule has 1 aromatic rings. The third kappa shape index (κ3) is 4.27. The number of halogens is 5. The van der Waals surface area contributed by atoms with Crippen LogP contribution in [0.15, 0.2) is 17.0 Å². The normalized spacial score (nSPS) is 12.9. The standard InChI is InChI=1S/C11H13F5N2O2S/c1-2-3-18(6-11(14,15)16)21(19,20)9-5-7(17)4-8(12)10(9)13/h4-5H,2-3,6,17H2,1H3. The Kier molecular flexibility index (Phi) is 5.16. The maximum absolute atomic E-state index is 13.6. The van der Waals surface area contributed by atoms with E-state index in [-0.39, 0.29) is 10.7 Å². The summed E-state index contributed by atoms with van der Waals surface area (Å²) in [7, 11) is -4.85. The topological polar surface area (TPSA) is 63.4 Å². The van der Waals surface area contributed by atoms with Crippen LogP contribution < -0.4 is 5.73 Å². The van der Waals surface area contributed by atoms with E-state index in [2.05, 4.69) is 0 Å². The Morgan fingerprint density at radius 2 is 1.81 bits per heavy atom. The highest BCUT2D eigenvalue weighted by molar-refractivity contribution is 7.89. The molecule has 0 amide bonds. The van der Waals surface area contributed by atoms with E-state index in [9.17, 15) is 30.4 Å². The van der Waals surface area contributed by atoms with Gasteiger partial charge in [-0.05, 0) is 18.6 Å². The number of anilines is 1. The molecule has 1 aromatic carbocycles. The number of sulfonamides is 1. The lowest BCUT2D eigenvalue weighted by Gasteiger charge is -2.23. The van der Waals surface area contributed by atoms with Crippen molar-refractivity contribution in [3.05, 3.63) is 23.8 Å². The summed E-state index contributed by atoms with van der Waals surface area (Å²) in [6.07, 6.45) is -4.74. The quantitative estimate of drug-likeness (QED) is 0.666. The second-order valence-electron chi connectivity index (χ2n) is 4.27. The molecule has 0 bridgehead atoms. The first-order valence-corrected chi connectivity index (χ1v) is 7.24. The highest BCUT2D eigenvalue weighted by Crippen LogP contribution is 2.27. The predicted octanol–water partition coefficient (Wildman–Crippen LogP) is 2.51. The lowest BCUT2D eigenvalue weighted by Crippen LogP contribution is -2.39. The van der Waals surface area contributed by atoms with Gasteiger partial charge in [0.05, 0.1) is 0 Å². The van der Waals surface area contributed by atoms with Crippen molar-refractivity contribution in [2.75, 3.05) is 18.8 Å². The second kappa shape index (κ2) is 6.14. The molecule has 0 spiro atoms. The molecule has 0 unspecified atom stereocenters. The summed E-state index contributed by atoms with van der Waals surface area (Å²) < 4.78 is 88.3. The number of nitrogens with two attached hydrogens (primary N) is 1. The first-order valence-electron chi connectivity index (χ1n) is 5.80. The van der Waals surface area contributed by atoms with Gasteiger partial charge in [0.15, 0.2) is 11.6 Å². The predicted molar refractivity (Wildman–Crippen MR) is 65.9 cm³/mol. The Balaban J connectivity index is 3.36. The number of benzene rings is 1. The fourth-order valence-corrected chi connectivity index (χ4v) is 3.27. The van der Waals surface area contributed by atoms with Gasteiger partial charge in [-0.3, -0.25) is 0 Å². The van der Waals surface area contributed by atoms with Crippen LogP contribution in [0.25, 0.3) is 0 Å². The molecule has 2 N–H and O–H groups in total. The van der Waals surface area contributed by atoms with Crippen molar-refractivity contribution in [3.63, 3.8) is 0 Å². The fourth-order valence-electron chi connectivity index (χ4n) is 1.64. The highest BCUT2D eigenvalue weighted by atomic mass is 32.2. The molecule has 10 heteroatoms. The van der Waals surface area contributed by atoms with E-state index >= 15 is 0 Å². The van der Waals surface area contributed by atoms with Crippen LogP contribution in [0.5, 0.6) is 0 Å². The van der Waals surface area contributed by atoms with E-state index in [4.69, 9.17) is 5.73 Å². The zero-order valence-electron chi connectivity index (χ0n) is 10.9. The zero-order chi connectivity index (χ0) is 16.4. The number of hydrogen-bond donors (Lipinski definition) is 1. The first-order chi connectivity index (χ1) is 9.49. The van der Waals surface area contributed by atoms with Crippen LogP contribution in [0, 0.1) is 11.6 Å². The lowest BCUT2D eigenvalue weighted by atomic mass is 10.3. The third-order valence-electron chi connectivity index (χ3n) is 2.46.